The van der Waals surface area contributed by atoms with Crippen LogP contribution in [0.25, 0.3) is 0 Å². The molecule has 1 N–H and O–H groups in total. The average Bonchev–Trinajstić information content (AvgIpc) is 2.59. The van der Waals surface area contributed by atoms with Crippen LogP contribution in [0.1, 0.15) is 28.8 Å². The van der Waals surface area contributed by atoms with E-state index in [1.807, 2.05) is 19.1 Å². The summed E-state index contributed by atoms with van der Waals surface area (Å²) < 4.78 is 10.3. The zero-order valence-corrected chi connectivity index (χ0v) is 14.1. The third kappa shape index (κ3) is 4.84. The number of benzene rings is 2. The van der Waals surface area contributed by atoms with Crippen LogP contribution in [-0.2, 0) is 4.79 Å². The van der Waals surface area contributed by atoms with Gasteiger partial charge in [-0.15, -0.1) is 0 Å². The lowest BCUT2D eigenvalue weighted by Gasteiger charge is -2.10. The molecule has 24 heavy (non-hydrogen) atoms. The van der Waals surface area contributed by atoms with E-state index in [9.17, 15) is 9.59 Å². The van der Waals surface area contributed by atoms with Gasteiger partial charge in [-0.25, -0.2) is 0 Å². The molecule has 0 unspecified atom stereocenters. The second-order valence-corrected chi connectivity index (χ2v) is 5.44. The van der Waals surface area contributed by atoms with Gasteiger partial charge >= 0.3 is 0 Å². The van der Waals surface area contributed by atoms with Crippen LogP contribution in [0.2, 0.25) is 0 Å². The molecular weight excluding hydrogens is 306 g/mol. The normalized spacial score (nSPS) is 10.1. The molecule has 0 aliphatic carbocycles. The number of methoxy groups -OCH3 is 2. The van der Waals surface area contributed by atoms with Gasteiger partial charge in [0.2, 0.25) is 5.91 Å². The fourth-order valence-corrected chi connectivity index (χ4v) is 2.21. The van der Waals surface area contributed by atoms with Gasteiger partial charge in [0, 0.05) is 42.3 Å². The number of nitrogens with one attached hydrogen (secondary N) is 1. The maximum absolute atomic E-state index is 12.1. The van der Waals surface area contributed by atoms with Crippen molar-refractivity contribution in [3.8, 4) is 11.5 Å². The Labute approximate surface area is 141 Å². The summed E-state index contributed by atoms with van der Waals surface area (Å²) in [5, 5.41) is 2.76. The Kier molecular flexibility index (Phi) is 5.95. The summed E-state index contributed by atoms with van der Waals surface area (Å²) >= 11 is 0. The quantitative estimate of drug-likeness (QED) is 0.789. The van der Waals surface area contributed by atoms with E-state index in [4.69, 9.17) is 9.47 Å². The van der Waals surface area contributed by atoms with Gasteiger partial charge in [0.1, 0.15) is 11.5 Å². The Morgan fingerprint density at radius 3 is 2.04 bits per heavy atom. The lowest BCUT2D eigenvalue weighted by molar-refractivity contribution is -0.116. The molecule has 0 saturated carbocycles. The summed E-state index contributed by atoms with van der Waals surface area (Å²) in [4.78, 5) is 24.2. The van der Waals surface area contributed by atoms with Crippen LogP contribution < -0.4 is 14.8 Å². The first-order chi connectivity index (χ1) is 11.5. The molecule has 0 fully saturated rings. The molecule has 0 bridgehead atoms. The lowest BCUT2D eigenvalue weighted by Crippen LogP contribution is -2.13. The van der Waals surface area contributed by atoms with Gasteiger partial charge in [-0.05, 0) is 6.92 Å². The molecule has 5 nitrogen and oxygen atoms in total. The highest BCUT2D eigenvalue weighted by Crippen LogP contribution is 2.25. The molecule has 0 atom stereocenters. The van der Waals surface area contributed by atoms with Gasteiger partial charge in [-0.3, -0.25) is 9.59 Å². The van der Waals surface area contributed by atoms with Crippen molar-refractivity contribution in [2.75, 3.05) is 19.5 Å². The Balaban J connectivity index is 1.93. The molecule has 2 aromatic rings. The summed E-state index contributed by atoms with van der Waals surface area (Å²) in [5.74, 6) is 0.889. The van der Waals surface area contributed by atoms with Gasteiger partial charge in [0.15, 0.2) is 5.78 Å². The molecule has 5 heteroatoms. The molecule has 0 saturated heterocycles. The summed E-state index contributed by atoms with van der Waals surface area (Å²) in [6.45, 7) is 1.96. The van der Waals surface area contributed by atoms with E-state index in [1.54, 1.807) is 44.6 Å². The number of amides is 1. The minimum Gasteiger partial charge on any atom is -0.497 e. The summed E-state index contributed by atoms with van der Waals surface area (Å²) in [5.41, 5.74) is 2.28. The number of hydrogen-bond acceptors (Lipinski definition) is 4. The van der Waals surface area contributed by atoms with Crippen molar-refractivity contribution in [3.63, 3.8) is 0 Å². The van der Waals surface area contributed by atoms with Crippen LogP contribution in [0.15, 0.2) is 42.5 Å². The summed E-state index contributed by atoms with van der Waals surface area (Å²) in [6.07, 6.45) is 0.280. The van der Waals surface area contributed by atoms with Crippen LogP contribution in [-0.4, -0.2) is 25.9 Å². The van der Waals surface area contributed by atoms with Gasteiger partial charge in [-0.1, -0.05) is 29.8 Å². The van der Waals surface area contributed by atoms with Crippen LogP contribution in [0.4, 0.5) is 5.69 Å². The van der Waals surface area contributed by atoms with Crippen molar-refractivity contribution in [1.29, 1.82) is 0 Å². The number of Topliss-reactive ketones (excluding diaryl/α,β-unsaturated/α-hetero) is 1. The fourth-order valence-electron chi connectivity index (χ4n) is 2.21. The molecule has 2 aromatic carbocycles. The number of rotatable bonds is 7. The van der Waals surface area contributed by atoms with E-state index >= 15 is 0 Å². The van der Waals surface area contributed by atoms with Gasteiger partial charge < -0.3 is 14.8 Å². The maximum atomic E-state index is 12.1. The molecule has 0 spiro atoms. The zero-order chi connectivity index (χ0) is 17.5. The van der Waals surface area contributed by atoms with Crippen molar-refractivity contribution >= 4 is 17.4 Å². The van der Waals surface area contributed by atoms with Crippen LogP contribution in [0.5, 0.6) is 11.5 Å². The fraction of sp³-hybridized carbons (Fsp3) is 0.263. The zero-order valence-electron chi connectivity index (χ0n) is 14.1. The molecule has 0 radical (unpaired) electrons. The number of ether oxygens (including phenoxy) is 2. The van der Waals surface area contributed by atoms with Crippen LogP contribution >= 0.6 is 0 Å². The molecule has 0 aliphatic rings. The first-order valence-corrected chi connectivity index (χ1v) is 7.64. The highest BCUT2D eigenvalue weighted by atomic mass is 16.5. The van der Waals surface area contributed by atoms with Crippen LogP contribution in [0, 0.1) is 6.92 Å². The predicted octanol–water partition coefficient (Wildman–Crippen LogP) is 3.61. The highest BCUT2D eigenvalue weighted by Gasteiger charge is 2.10. The van der Waals surface area contributed by atoms with Gasteiger partial charge in [0.05, 0.1) is 14.2 Å². The second kappa shape index (κ2) is 8.15. The Morgan fingerprint density at radius 2 is 1.50 bits per heavy atom. The smallest absolute Gasteiger partial charge is 0.224 e. The molecule has 0 aliphatic heterocycles. The first kappa shape index (κ1) is 17.5. The van der Waals surface area contributed by atoms with Crippen molar-refractivity contribution in [1.82, 2.24) is 0 Å². The number of hydrogen-bond donors (Lipinski definition) is 1. The number of anilines is 1. The van der Waals surface area contributed by atoms with Gasteiger partial charge in [-0.2, -0.15) is 0 Å². The average molecular weight is 327 g/mol. The monoisotopic (exact) mass is 327 g/mol. The number of carbonyl (C=O) groups is 2. The second-order valence-electron chi connectivity index (χ2n) is 5.44. The maximum Gasteiger partial charge on any atom is 0.224 e. The van der Waals surface area contributed by atoms with E-state index < -0.39 is 0 Å². The van der Waals surface area contributed by atoms with E-state index in [0.29, 0.717) is 22.7 Å². The topological polar surface area (TPSA) is 64.6 Å². The highest BCUT2D eigenvalue weighted by molar-refractivity contribution is 6.00. The SMILES string of the molecule is COc1cc(NC(=O)CCC(=O)c2ccc(C)cc2)cc(OC)c1. The van der Waals surface area contributed by atoms with Gasteiger partial charge in [0.25, 0.3) is 0 Å². The van der Waals surface area contributed by atoms with E-state index in [0.717, 1.165) is 5.56 Å². The number of carbonyl (C=O) groups excluding carboxylic acids is 2. The van der Waals surface area contributed by atoms with Crippen LogP contribution in [0.3, 0.4) is 0 Å². The lowest BCUT2D eigenvalue weighted by atomic mass is 10.0. The minimum absolute atomic E-state index is 0.0478. The molecule has 0 heterocycles. The number of aryl methyl sites for hydroxylation is 1. The number of ketones is 1. The summed E-state index contributed by atoms with van der Waals surface area (Å²) in [6, 6.07) is 12.4. The molecule has 1 amide bonds. The third-order valence-electron chi connectivity index (χ3n) is 3.59. The first-order valence-electron chi connectivity index (χ1n) is 7.64. The molecule has 2 rings (SSSR count). The third-order valence-corrected chi connectivity index (χ3v) is 3.59. The molecule has 126 valence electrons. The minimum atomic E-state index is -0.231. The Hall–Kier alpha value is -2.82. The van der Waals surface area contributed by atoms with E-state index in [-0.39, 0.29) is 24.5 Å². The molecular formula is C19H21NO4. The standard InChI is InChI=1S/C19H21NO4/c1-13-4-6-14(7-5-13)18(21)8-9-19(22)20-15-10-16(23-2)12-17(11-15)24-3/h4-7,10-12H,8-9H2,1-3H3,(H,20,22). The van der Waals surface area contributed by atoms with Crippen molar-refractivity contribution in [3.05, 3.63) is 53.6 Å². The Bertz CT molecular complexity index is 700. The predicted molar refractivity (Wildman–Crippen MR) is 92.9 cm³/mol. The summed E-state index contributed by atoms with van der Waals surface area (Å²) in [7, 11) is 3.08. The Morgan fingerprint density at radius 1 is 0.917 bits per heavy atom. The van der Waals surface area contributed by atoms with Crippen molar-refractivity contribution in [2.45, 2.75) is 19.8 Å². The van der Waals surface area contributed by atoms with E-state index in [1.165, 1.54) is 0 Å². The largest absolute Gasteiger partial charge is 0.497 e. The van der Waals surface area contributed by atoms with E-state index in [2.05, 4.69) is 5.32 Å². The molecule has 0 aromatic heterocycles. The van der Waals surface area contributed by atoms with Crippen molar-refractivity contribution < 1.29 is 19.1 Å². The van der Waals surface area contributed by atoms with Crippen molar-refractivity contribution in [2.24, 2.45) is 0 Å².